The summed E-state index contributed by atoms with van der Waals surface area (Å²) in [5.74, 6) is -0.333. The van der Waals surface area contributed by atoms with Gasteiger partial charge in [-0.1, -0.05) is 63.9 Å². The molecule has 2 unspecified atom stereocenters. The van der Waals surface area contributed by atoms with Crippen molar-refractivity contribution < 1.29 is 19.1 Å². The zero-order valence-corrected chi connectivity index (χ0v) is 22.4. The van der Waals surface area contributed by atoms with Crippen molar-refractivity contribution in [1.82, 2.24) is 15.5 Å². The number of amides is 3. The van der Waals surface area contributed by atoms with Crippen molar-refractivity contribution >= 4 is 17.9 Å². The summed E-state index contributed by atoms with van der Waals surface area (Å²) in [6, 6.07) is 6.11. The molecule has 0 fully saturated rings. The van der Waals surface area contributed by atoms with E-state index in [1.165, 1.54) is 0 Å². The van der Waals surface area contributed by atoms with Crippen LogP contribution in [0.15, 0.2) is 24.3 Å². The molecule has 7 nitrogen and oxygen atoms in total. The average molecular weight is 476 g/mol. The van der Waals surface area contributed by atoms with Crippen molar-refractivity contribution in [3.8, 4) is 0 Å². The van der Waals surface area contributed by atoms with Crippen LogP contribution in [0.1, 0.15) is 91.3 Å². The van der Waals surface area contributed by atoms with Gasteiger partial charge in [-0.15, -0.1) is 0 Å². The number of rotatable bonds is 12. The largest absolute Gasteiger partial charge is 0.444 e. The summed E-state index contributed by atoms with van der Waals surface area (Å²) in [5, 5.41) is 5.76. The van der Waals surface area contributed by atoms with Crippen LogP contribution in [0, 0.1) is 12.8 Å². The van der Waals surface area contributed by atoms with Crippen LogP contribution in [0.5, 0.6) is 0 Å². The van der Waals surface area contributed by atoms with Crippen LogP contribution in [0.25, 0.3) is 0 Å². The van der Waals surface area contributed by atoms with Gasteiger partial charge in [0.15, 0.2) is 0 Å². The summed E-state index contributed by atoms with van der Waals surface area (Å²) in [6.45, 7) is 16.3. The minimum absolute atomic E-state index is 0.156. The van der Waals surface area contributed by atoms with Gasteiger partial charge in [0.25, 0.3) is 0 Å². The van der Waals surface area contributed by atoms with Crippen molar-refractivity contribution in [2.24, 2.45) is 5.92 Å². The third-order valence-electron chi connectivity index (χ3n) is 5.23. The third-order valence-corrected chi connectivity index (χ3v) is 5.23. The normalized spacial score (nSPS) is 13.2. The highest BCUT2D eigenvalue weighted by Gasteiger charge is 2.36. The van der Waals surface area contributed by atoms with E-state index in [-0.39, 0.29) is 17.7 Å². The van der Waals surface area contributed by atoms with Gasteiger partial charge in [-0.25, -0.2) is 4.79 Å². The molecule has 0 aliphatic rings. The molecule has 0 aromatic heterocycles. The van der Waals surface area contributed by atoms with Gasteiger partial charge in [-0.05, 0) is 58.4 Å². The van der Waals surface area contributed by atoms with E-state index < -0.39 is 23.8 Å². The van der Waals surface area contributed by atoms with E-state index in [1.54, 1.807) is 25.7 Å². The minimum atomic E-state index is -0.794. The lowest BCUT2D eigenvalue weighted by molar-refractivity contribution is -0.142. The third kappa shape index (κ3) is 10.1. The van der Waals surface area contributed by atoms with E-state index in [2.05, 4.69) is 17.6 Å². The standard InChI is InChI=1S/C27H45N3O4/c1-9-11-16-28-24(31)23(21-14-12-20(5)13-15-21)30(17-10-2)25(32)22(18-19(3)4)29-26(33)34-27(6,7)8/h12-15,19,22-23H,9-11,16-18H2,1-8H3,(H,28,31)(H,29,33). The van der Waals surface area contributed by atoms with E-state index >= 15 is 0 Å². The van der Waals surface area contributed by atoms with Crippen LogP contribution in [0.2, 0.25) is 0 Å². The first-order chi connectivity index (χ1) is 15.9. The first kappa shape index (κ1) is 29.5. The predicted molar refractivity (Wildman–Crippen MR) is 136 cm³/mol. The van der Waals surface area contributed by atoms with Gasteiger partial charge in [0.2, 0.25) is 11.8 Å². The van der Waals surface area contributed by atoms with Crippen LogP contribution >= 0.6 is 0 Å². The van der Waals surface area contributed by atoms with Crippen LogP contribution < -0.4 is 10.6 Å². The lowest BCUT2D eigenvalue weighted by atomic mass is 9.98. The second kappa shape index (κ2) is 14.0. The van der Waals surface area contributed by atoms with Gasteiger partial charge >= 0.3 is 6.09 Å². The zero-order valence-electron chi connectivity index (χ0n) is 22.4. The molecule has 0 saturated heterocycles. The highest BCUT2D eigenvalue weighted by atomic mass is 16.6. The van der Waals surface area contributed by atoms with E-state index in [0.717, 1.165) is 24.0 Å². The number of nitrogens with one attached hydrogen (secondary N) is 2. The Kier molecular flexibility index (Phi) is 12.1. The number of carbonyl (C=O) groups excluding carboxylic acids is 3. The van der Waals surface area contributed by atoms with Crippen LogP contribution in [-0.4, -0.2) is 47.5 Å². The van der Waals surface area contributed by atoms with Gasteiger partial charge in [0.05, 0.1) is 0 Å². The lowest BCUT2D eigenvalue weighted by Gasteiger charge is -2.35. The first-order valence-corrected chi connectivity index (χ1v) is 12.5. The molecular formula is C27H45N3O4. The first-order valence-electron chi connectivity index (χ1n) is 12.5. The number of aryl methyl sites for hydroxylation is 1. The Hall–Kier alpha value is -2.57. The Bertz CT molecular complexity index is 784. The zero-order chi connectivity index (χ0) is 25.9. The summed E-state index contributed by atoms with van der Waals surface area (Å²) >= 11 is 0. The molecular weight excluding hydrogens is 430 g/mol. The summed E-state index contributed by atoms with van der Waals surface area (Å²) in [6.07, 6.45) is 2.31. The fourth-order valence-corrected chi connectivity index (χ4v) is 3.66. The molecule has 2 N–H and O–H groups in total. The number of benzene rings is 1. The Labute approximate surface area is 206 Å². The summed E-state index contributed by atoms with van der Waals surface area (Å²) < 4.78 is 5.41. The molecule has 0 aliphatic carbocycles. The highest BCUT2D eigenvalue weighted by molar-refractivity contribution is 5.92. The minimum Gasteiger partial charge on any atom is -0.444 e. The maximum absolute atomic E-state index is 13.9. The summed E-state index contributed by atoms with van der Waals surface area (Å²) in [4.78, 5) is 41.4. The molecule has 192 valence electrons. The molecule has 1 rings (SSSR count). The molecule has 0 aliphatic heterocycles. The van der Waals surface area contributed by atoms with Gasteiger partial charge < -0.3 is 20.3 Å². The Balaban J connectivity index is 3.34. The van der Waals surface area contributed by atoms with Crippen LogP contribution in [0.3, 0.4) is 0 Å². The topological polar surface area (TPSA) is 87.7 Å². The number of carbonyl (C=O) groups is 3. The molecule has 3 amide bonds. The summed E-state index contributed by atoms with van der Waals surface area (Å²) in [5.41, 5.74) is 1.15. The average Bonchev–Trinajstić information content (AvgIpc) is 2.72. The second-order valence-electron chi connectivity index (χ2n) is 10.3. The Morgan fingerprint density at radius 3 is 2.15 bits per heavy atom. The second-order valence-corrected chi connectivity index (χ2v) is 10.3. The number of nitrogens with zero attached hydrogens (tertiary/aromatic N) is 1. The van der Waals surface area contributed by atoms with Crippen molar-refractivity contribution in [2.45, 2.75) is 98.8 Å². The highest BCUT2D eigenvalue weighted by Crippen LogP contribution is 2.25. The smallest absolute Gasteiger partial charge is 0.408 e. The maximum atomic E-state index is 13.9. The molecule has 7 heteroatoms. The molecule has 0 saturated carbocycles. The van der Waals surface area contributed by atoms with E-state index in [0.29, 0.717) is 25.9 Å². The SMILES string of the molecule is CCCCNC(=O)C(c1ccc(C)cc1)N(CCC)C(=O)C(CC(C)C)NC(=O)OC(C)(C)C. The van der Waals surface area contributed by atoms with E-state index in [1.807, 2.05) is 52.0 Å². The molecule has 0 spiro atoms. The van der Waals surface area contributed by atoms with Crippen molar-refractivity contribution in [3.05, 3.63) is 35.4 Å². The molecule has 1 aromatic rings. The van der Waals surface area contributed by atoms with Gasteiger partial charge in [0.1, 0.15) is 17.7 Å². The Morgan fingerprint density at radius 1 is 1.03 bits per heavy atom. The number of hydrogen-bond donors (Lipinski definition) is 2. The number of ether oxygens (including phenoxy) is 1. The van der Waals surface area contributed by atoms with Crippen LogP contribution in [-0.2, 0) is 14.3 Å². The Morgan fingerprint density at radius 2 is 1.65 bits per heavy atom. The maximum Gasteiger partial charge on any atom is 0.408 e. The van der Waals surface area contributed by atoms with Crippen molar-refractivity contribution in [2.75, 3.05) is 13.1 Å². The monoisotopic (exact) mass is 475 g/mol. The molecule has 2 atom stereocenters. The predicted octanol–water partition coefficient (Wildman–Crippen LogP) is 5.13. The van der Waals surface area contributed by atoms with E-state index in [4.69, 9.17) is 4.74 Å². The van der Waals surface area contributed by atoms with Gasteiger partial charge in [-0.2, -0.15) is 0 Å². The van der Waals surface area contributed by atoms with Gasteiger partial charge in [-0.3, -0.25) is 9.59 Å². The lowest BCUT2D eigenvalue weighted by Crippen LogP contribution is -2.53. The molecule has 1 aromatic carbocycles. The molecule has 0 bridgehead atoms. The summed E-state index contributed by atoms with van der Waals surface area (Å²) in [7, 11) is 0. The fourth-order valence-electron chi connectivity index (χ4n) is 3.66. The van der Waals surface area contributed by atoms with Crippen molar-refractivity contribution in [3.63, 3.8) is 0 Å². The number of hydrogen-bond acceptors (Lipinski definition) is 4. The molecule has 34 heavy (non-hydrogen) atoms. The van der Waals surface area contributed by atoms with Gasteiger partial charge in [0, 0.05) is 13.1 Å². The quantitative estimate of drug-likeness (QED) is 0.410. The number of alkyl carbamates (subject to hydrolysis) is 1. The van der Waals surface area contributed by atoms with Crippen LogP contribution in [0.4, 0.5) is 4.79 Å². The fraction of sp³-hybridized carbons (Fsp3) is 0.667. The molecule has 0 radical (unpaired) electrons. The molecule has 0 heterocycles. The van der Waals surface area contributed by atoms with E-state index in [9.17, 15) is 14.4 Å². The van der Waals surface area contributed by atoms with Crippen molar-refractivity contribution in [1.29, 1.82) is 0 Å². The number of unbranched alkanes of at least 4 members (excludes halogenated alkanes) is 1.